The minimum atomic E-state index is 0.675. The van der Waals surface area contributed by atoms with Crippen LogP contribution < -0.4 is 0 Å². The molecule has 0 aromatic heterocycles. The average molecular weight is 185 g/mol. The fourth-order valence-corrected chi connectivity index (χ4v) is 1.53. The molecule has 0 bridgehead atoms. The van der Waals surface area contributed by atoms with E-state index < -0.39 is 0 Å². The molecule has 0 rings (SSSR count). The minimum Gasteiger partial charge on any atom is -0.301 e. The summed E-state index contributed by atoms with van der Waals surface area (Å²) in [5.41, 5.74) is 0. The normalized spacial score (nSPS) is 14.5. The van der Waals surface area contributed by atoms with Crippen LogP contribution in [-0.4, -0.2) is 24.0 Å². The Morgan fingerprint density at radius 2 is 1.46 bits per heavy atom. The number of hydrogen-bond donors (Lipinski definition) is 0. The summed E-state index contributed by atoms with van der Waals surface area (Å²) >= 11 is 0. The van der Waals surface area contributed by atoms with Gasteiger partial charge in [-0.25, -0.2) is 0 Å². The summed E-state index contributed by atoms with van der Waals surface area (Å²) in [6, 6.07) is 1.41. The molecule has 0 fully saturated rings. The molecule has 80 valence electrons. The Balaban J connectivity index is 3.55. The van der Waals surface area contributed by atoms with Crippen molar-refractivity contribution in [3.8, 4) is 0 Å². The van der Waals surface area contributed by atoms with Gasteiger partial charge in [-0.2, -0.15) is 0 Å². The van der Waals surface area contributed by atoms with E-state index in [1.165, 1.54) is 19.3 Å². The van der Waals surface area contributed by atoms with Crippen molar-refractivity contribution in [2.24, 2.45) is 5.92 Å². The molecule has 0 saturated heterocycles. The summed E-state index contributed by atoms with van der Waals surface area (Å²) in [5.74, 6) is 0.858. The van der Waals surface area contributed by atoms with Gasteiger partial charge in [-0.1, -0.05) is 26.7 Å². The topological polar surface area (TPSA) is 3.24 Å². The first-order valence-electron chi connectivity index (χ1n) is 5.67. The maximum atomic E-state index is 2.46. The lowest BCUT2D eigenvalue weighted by Gasteiger charge is -2.28. The lowest BCUT2D eigenvalue weighted by molar-refractivity contribution is 0.194. The molecule has 0 amide bonds. The molecule has 1 atom stereocenters. The molecule has 1 heteroatoms. The van der Waals surface area contributed by atoms with Gasteiger partial charge in [-0.05, 0) is 40.2 Å². The van der Waals surface area contributed by atoms with Crippen molar-refractivity contribution in [3.63, 3.8) is 0 Å². The van der Waals surface area contributed by atoms with Gasteiger partial charge in [0.05, 0.1) is 0 Å². The highest BCUT2D eigenvalue weighted by molar-refractivity contribution is 4.66. The zero-order valence-electron chi connectivity index (χ0n) is 10.3. The van der Waals surface area contributed by atoms with E-state index in [1.807, 2.05) is 0 Å². The molecule has 1 nitrogen and oxygen atoms in total. The molecule has 0 heterocycles. The van der Waals surface area contributed by atoms with Crippen LogP contribution in [0.2, 0.25) is 0 Å². The number of nitrogens with zero attached hydrogens (tertiary/aromatic N) is 1. The van der Waals surface area contributed by atoms with Crippen molar-refractivity contribution >= 4 is 0 Å². The second-order valence-electron chi connectivity index (χ2n) is 4.93. The first-order chi connectivity index (χ1) is 5.95. The molecule has 0 aliphatic rings. The van der Waals surface area contributed by atoms with Gasteiger partial charge in [-0.3, -0.25) is 0 Å². The second-order valence-corrected chi connectivity index (χ2v) is 4.93. The van der Waals surface area contributed by atoms with Crippen molar-refractivity contribution in [2.45, 2.75) is 66.0 Å². The third-order valence-corrected chi connectivity index (χ3v) is 2.91. The SMILES string of the molecule is CC(C)CCCC(C)N(C)C(C)C. The predicted octanol–water partition coefficient (Wildman–Crippen LogP) is 3.54. The molecule has 0 N–H and O–H groups in total. The summed E-state index contributed by atoms with van der Waals surface area (Å²) in [7, 11) is 2.23. The first kappa shape index (κ1) is 13.0. The quantitative estimate of drug-likeness (QED) is 0.612. The van der Waals surface area contributed by atoms with Crippen LogP contribution in [0.25, 0.3) is 0 Å². The Labute approximate surface area is 84.5 Å². The maximum absolute atomic E-state index is 2.46. The maximum Gasteiger partial charge on any atom is 0.00665 e. The van der Waals surface area contributed by atoms with E-state index in [2.05, 4.69) is 46.6 Å². The summed E-state index contributed by atoms with van der Waals surface area (Å²) in [6.07, 6.45) is 4.08. The largest absolute Gasteiger partial charge is 0.301 e. The van der Waals surface area contributed by atoms with E-state index in [0.717, 1.165) is 12.0 Å². The van der Waals surface area contributed by atoms with Crippen LogP contribution in [0.4, 0.5) is 0 Å². The van der Waals surface area contributed by atoms with Crippen LogP contribution >= 0.6 is 0 Å². The summed E-state index contributed by atoms with van der Waals surface area (Å²) in [4.78, 5) is 2.46. The Morgan fingerprint density at radius 3 is 1.85 bits per heavy atom. The van der Waals surface area contributed by atoms with Crippen molar-refractivity contribution < 1.29 is 0 Å². The van der Waals surface area contributed by atoms with Gasteiger partial charge in [0.2, 0.25) is 0 Å². The fraction of sp³-hybridized carbons (Fsp3) is 1.00. The summed E-state index contributed by atoms with van der Waals surface area (Å²) in [6.45, 7) is 11.5. The zero-order chi connectivity index (χ0) is 10.4. The van der Waals surface area contributed by atoms with E-state index in [-0.39, 0.29) is 0 Å². The Hall–Kier alpha value is -0.0400. The van der Waals surface area contributed by atoms with E-state index in [9.17, 15) is 0 Å². The van der Waals surface area contributed by atoms with E-state index in [1.54, 1.807) is 0 Å². The van der Waals surface area contributed by atoms with Gasteiger partial charge in [0, 0.05) is 12.1 Å². The monoisotopic (exact) mass is 185 g/mol. The van der Waals surface area contributed by atoms with Gasteiger partial charge >= 0.3 is 0 Å². The van der Waals surface area contributed by atoms with Crippen LogP contribution in [0.1, 0.15) is 53.9 Å². The van der Waals surface area contributed by atoms with Crippen molar-refractivity contribution in [1.82, 2.24) is 4.90 Å². The van der Waals surface area contributed by atoms with E-state index >= 15 is 0 Å². The second kappa shape index (κ2) is 6.42. The van der Waals surface area contributed by atoms with Gasteiger partial charge in [-0.15, -0.1) is 0 Å². The predicted molar refractivity (Wildman–Crippen MR) is 61.1 cm³/mol. The zero-order valence-corrected chi connectivity index (χ0v) is 10.3. The first-order valence-corrected chi connectivity index (χ1v) is 5.67. The lowest BCUT2D eigenvalue weighted by atomic mass is 10.0. The lowest BCUT2D eigenvalue weighted by Crippen LogP contribution is -2.34. The molecular formula is C12H27N. The molecule has 0 aliphatic carbocycles. The van der Waals surface area contributed by atoms with Gasteiger partial charge < -0.3 is 4.90 Å². The Morgan fingerprint density at radius 1 is 0.923 bits per heavy atom. The van der Waals surface area contributed by atoms with Gasteiger partial charge in [0.1, 0.15) is 0 Å². The van der Waals surface area contributed by atoms with Crippen molar-refractivity contribution in [2.75, 3.05) is 7.05 Å². The van der Waals surface area contributed by atoms with Gasteiger partial charge in [0.25, 0.3) is 0 Å². The molecule has 0 spiro atoms. The smallest absolute Gasteiger partial charge is 0.00665 e. The fourth-order valence-electron chi connectivity index (χ4n) is 1.53. The third kappa shape index (κ3) is 6.09. The highest BCUT2D eigenvalue weighted by Gasteiger charge is 2.11. The van der Waals surface area contributed by atoms with Crippen LogP contribution in [0, 0.1) is 5.92 Å². The van der Waals surface area contributed by atoms with Crippen LogP contribution in [0.3, 0.4) is 0 Å². The van der Waals surface area contributed by atoms with Crippen LogP contribution in [0.5, 0.6) is 0 Å². The number of rotatable bonds is 6. The molecule has 0 aromatic rings. The highest BCUT2D eigenvalue weighted by atomic mass is 15.1. The Kier molecular flexibility index (Phi) is 6.40. The molecule has 0 saturated carbocycles. The van der Waals surface area contributed by atoms with Crippen LogP contribution in [0.15, 0.2) is 0 Å². The molecule has 0 aliphatic heterocycles. The van der Waals surface area contributed by atoms with E-state index in [4.69, 9.17) is 0 Å². The average Bonchev–Trinajstić information content (AvgIpc) is 2.02. The standard InChI is InChI=1S/C12H27N/c1-10(2)8-7-9-12(5)13(6)11(3)4/h10-12H,7-9H2,1-6H3. The van der Waals surface area contributed by atoms with Crippen LogP contribution in [-0.2, 0) is 0 Å². The molecule has 0 aromatic carbocycles. The Bertz CT molecular complexity index is 118. The summed E-state index contributed by atoms with van der Waals surface area (Å²) < 4.78 is 0. The minimum absolute atomic E-state index is 0.675. The molecule has 0 radical (unpaired) electrons. The van der Waals surface area contributed by atoms with Crippen molar-refractivity contribution in [1.29, 1.82) is 0 Å². The third-order valence-electron chi connectivity index (χ3n) is 2.91. The summed E-state index contributed by atoms with van der Waals surface area (Å²) in [5, 5.41) is 0. The highest BCUT2D eigenvalue weighted by Crippen LogP contribution is 2.12. The van der Waals surface area contributed by atoms with Crippen molar-refractivity contribution in [3.05, 3.63) is 0 Å². The molecule has 1 unspecified atom stereocenters. The van der Waals surface area contributed by atoms with Gasteiger partial charge in [0.15, 0.2) is 0 Å². The van der Waals surface area contributed by atoms with E-state index in [0.29, 0.717) is 6.04 Å². The molecular weight excluding hydrogens is 158 g/mol. The molecule has 13 heavy (non-hydrogen) atoms. The number of hydrogen-bond acceptors (Lipinski definition) is 1.